The molecule has 5 heteroatoms. The highest BCUT2D eigenvalue weighted by molar-refractivity contribution is 5.50. The van der Waals surface area contributed by atoms with Crippen LogP contribution < -0.4 is 10.7 Å². The average Bonchev–Trinajstić information content (AvgIpc) is 2.94. The number of rotatable bonds is 2. The van der Waals surface area contributed by atoms with Gasteiger partial charge in [0, 0.05) is 31.8 Å². The quantitative estimate of drug-likeness (QED) is 0.893. The first-order valence-corrected chi connectivity index (χ1v) is 9.80. The van der Waals surface area contributed by atoms with Gasteiger partial charge in [-0.15, -0.1) is 0 Å². The van der Waals surface area contributed by atoms with Crippen LogP contribution in [0.1, 0.15) is 52.1 Å². The Kier molecular flexibility index (Phi) is 4.18. The second-order valence-electron chi connectivity index (χ2n) is 9.10. The second-order valence-corrected chi connectivity index (χ2v) is 9.10. The van der Waals surface area contributed by atoms with Gasteiger partial charge >= 0.3 is 0 Å². The van der Waals surface area contributed by atoms with Crippen molar-refractivity contribution in [3.8, 4) is 0 Å². The lowest BCUT2D eigenvalue weighted by molar-refractivity contribution is 0.0278. The lowest BCUT2D eigenvalue weighted by Crippen LogP contribution is -2.52. The molecule has 3 heterocycles. The van der Waals surface area contributed by atoms with Gasteiger partial charge in [0.15, 0.2) is 5.49 Å². The first kappa shape index (κ1) is 17.1. The zero-order valence-electron chi connectivity index (χ0n) is 16.3. The molecule has 1 aliphatic carbocycles. The van der Waals surface area contributed by atoms with Crippen molar-refractivity contribution in [1.82, 2.24) is 15.1 Å². The fraction of sp³-hybridized carbons (Fsp3) is 0.800. The Hall–Kier alpha value is -1.36. The number of piperidine rings is 1. The molecule has 1 aromatic heterocycles. The van der Waals surface area contributed by atoms with Crippen LogP contribution in [-0.2, 0) is 4.74 Å². The minimum Gasteiger partial charge on any atom is -0.381 e. The van der Waals surface area contributed by atoms with Gasteiger partial charge in [-0.25, -0.2) is 0 Å². The van der Waals surface area contributed by atoms with E-state index in [1.807, 2.05) is 7.11 Å². The van der Waals surface area contributed by atoms with Crippen LogP contribution in [0.15, 0.2) is 4.99 Å². The smallest absolute Gasteiger partial charge is 0.152 e. The summed E-state index contributed by atoms with van der Waals surface area (Å²) in [7, 11) is 1.86. The van der Waals surface area contributed by atoms with E-state index < -0.39 is 0 Å². The van der Waals surface area contributed by atoms with Crippen molar-refractivity contribution in [3.05, 3.63) is 16.4 Å². The fourth-order valence-corrected chi connectivity index (χ4v) is 5.05. The number of methoxy groups -OCH3 is 1. The van der Waals surface area contributed by atoms with E-state index in [2.05, 4.69) is 42.8 Å². The maximum Gasteiger partial charge on any atom is 0.152 e. The Bertz CT molecular complexity index is 755. The third-order valence-electron chi connectivity index (χ3n) is 6.75. The molecule has 4 rings (SSSR count). The molecule has 1 saturated carbocycles. The third-order valence-corrected chi connectivity index (χ3v) is 6.75. The highest BCUT2D eigenvalue weighted by Crippen LogP contribution is 2.41. The molecule has 1 N–H and O–H groups in total. The van der Waals surface area contributed by atoms with Crippen molar-refractivity contribution in [3.63, 3.8) is 0 Å². The molecule has 2 fully saturated rings. The van der Waals surface area contributed by atoms with Crippen molar-refractivity contribution >= 4 is 5.70 Å². The summed E-state index contributed by atoms with van der Waals surface area (Å²) in [5.41, 5.74) is 4.04. The number of aromatic nitrogens is 2. The molecule has 0 radical (unpaired) electrons. The van der Waals surface area contributed by atoms with Crippen molar-refractivity contribution in [1.29, 1.82) is 0 Å². The molecule has 25 heavy (non-hydrogen) atoms. The number of H-pyrrole nitrogens is 1. The Labute approximate surface area is 150 Å². The van der Waals surface area contributed by atoms with Crippen LogP contribution in [0.4, 0.5) is 0 Å². The van der Waals surface area contributed by atoms with Crippen molar-refractivity contribution < 1.29 is 4.74 Å². The maximum absolute atomic E-state index is 5.78. The molecule has 4 unspecified atom stereocenters. The first-order valence-electron chi connectivity index (χ1n) is 9.80. The van der Waals surface area contributed by atoms with Gasteiger partial charge in [-0.05, 0) is 43.9 Å². The molecule has 1 aromatic rings. The number of fused-ring (bicyclic) bond motifs is 2. The van der Waals surface area contributed by atoms with Gasteiger partial charge in [0.05, 0.1) is 23.1 Å². The van der Waals surface area contributed by atoms with E-state index in [4.69, 9.17) is 9.73 Å². The summed E-state index contributed by atoms with van der Waals surface area (Å²) in [6.07, 6.45) is 5.02. The average molecular weight is 345 g/mol. The summed E-state index contributed by atoms with van der Waals surface area (Å²) in [5, 5.41) is 8.96. The monoisotopic (exact) mass is 344 g/mol. The summed E-state index contributed by atoms with van der Waals surface area (Å²) in [5.74, 6) is 0.996. The topological polar surface area (TPSA) is 53.5 Å². The number of nitrogens with one attached hydrogen (secondary N) is 1. The molecule has 3 aliphatic rings. The molecular weight excluding hydrogens is 312 g/mol. The van der Waals surface area contributed by atoms with E-state index in [0.717, 1.165) is 37.1 Å². The largest absolute Gasteiger partial charge is 0.381 e. The number of aryl methyl sites for hydroxylation is 1. The number of likely N-dealkylation sites (tertiary alicyclic amines) is 1. The van der Waals surface area contributed by atoms with E-state index in [-0.39, 0.29) is 0 Å². The van der Waals surface area contributed by atoms with Gasteiger partial charge in [-0.2, -0.15) is 5.10 Å². The molecule has 0 spiro atoms. The Morgan fingerprint density at radius 3 is 2.60 bits per heavy atom. The van der Waals surface area contributed by atoms with Crippen molar-refractivity contribution in [2.75, 3.05) is 20.2 Å². The predicted molar refractivity (Wildman–Crippen MR) is 98.6 cm³/mol. The Balaban J connectivity index is 1.80. The van der Waals surface area contributed by atoms with E-state index in [1.54, 1.807) is 0 Å². The molecule has 0 amide bonds. The normalized spacial score (nSPS) is 34.3. The minimum atomic E-state index is 0.344. The van der Waals surface area contributed by atoms with Crippen molar-refractivity contribution in [2.45, 2.75) is 65.5 Å². The number of hydrogen-bond donors (Lipinski definition) is 1. The SMILES string of the molecule is COC1CC(C)C2N=c3[nH]nc(C)c3=C(N3CCC(C)(C)CC3)C2C1. The second kappa shape index (κ2) is 6.11. The zero-order chi connectivity index (χ0) is 17.8. The number of aromatic amines is 1. The fourth-order valence-electron chi connectivity index (χ4n) is 5.05. The summed E-state index contributed by atoms with van der Waals surface area (Å²) < 4.78 is 5.78. The van der Waals surface area contributed by atoms with E-state index in [1.165, 1.54) is 23.8 Å². The molecule has 4 atom stereocenters. The predicted octanol–water partition coefficient (Wildman–Crippen LogP) is 2.01. The molecule has 1 saturated heterocycles. The maximum atomic E-state index is 5.78. The van der Waals surface area contributed by atoms with Gasteiger partial charge in [0.1, 0.15) is 0 Å². The van der Waals surface area contributed by atoms with Crippen LogP contribution in [-0.4, -0.2) is 47.4 Å². The third kappa shape index (κ3) is 2.90. The first-order chi connectivity index (χ1) is 11.9. The number of ether oxygens (including phenoxy) is 1. The van der Waals surface area contributed by atoms with Gasteiger partial charge in [0.25, 0.3) is 0 Å². The summed E-state index contributed by atoms with van der Waals surface area (Å²) >= 11 is 0. The van der Waals surface area contributed by atoms with Crippen LogP contribution in [0.3, 0.4) is 0 Å². The van der Waals surface area contributed by atoms with Gasteiger partial charge in [-0.3, -0.25) is 10.1 Å². The Morgan fingerprint density at radius 2 is 1.92 bits per heavy atom. The highest BCUT2D eigenvalue weighted by atomic mass is 16.5. The van der Waals surface area contributed by atoms with Crippen molar-refractivity contribution in [2.24, 2.45) is 22.2 Å². The molecule has 138 valence electrons. The van der Waals surface area contributed by atoms with Crippen LogP contribution in [0.2, 0.25) is 0 Å². The molecule has 0 aromatic carbocycles. The van der Waals surface area contributed by atoms with Crippen LogP contribution >= 0.6 is 0 Å². The molecular formula is C20H32N4O. The van der Waals surface area contributed by atoms with Crippen LogP contribution in [0.5, 0.6) is 0 Å². The lowest BCUT2D eigenvalue weighted by atomic mass is 9.72. The van der Waals surface area contributed by atoms with E-state index in [0.29, 0.717) is 29.4 Å². The molecule has 5 nitrogen and oxygen atoms in total. The summed E-state index contributed by atoms with van der Waals surface area (Å²) in [4.78, 5) is 7.73. The van der Waals surface area contributed by atoms with Gasteiger partial charge in [-0.1, -0.05) is 20.8 Å². The molecule has 2 aliphatic heterocycles. The van der Waals surface area contributed by atoms with Gasteiger partial charge in [0.2, 0.25) is 0 Å². The van der Waals surface area contributed by atoms with E-state index >= 15 is 0 Å². The Morgan fingerprint density at radius 1 is 1.20 bits per heavy atom. The van der Waals surface area contributed by atoms with Crippen LogP contribution in [0, 0.1) is 24.2 Å². The van der Waals surface area contributed by atoms with E-state index in [9.17, 15) is 0 Å². The minimum absolute atomic E-state index is 0.344. The number of hydrogen-bond acceptors (Lipinski definition) is 4. The highest BCUT2D eigenvalue weighted by Gasteiger charge is 2.42. The summed E-state index contributed by atoms with van der Waals surface area (Å²) in [6, 6.07) is 0.351. The van der Waals surface area contributed by atoms with Crippen LogP contribution in [0.25, 0.3) is 5.70 Å². The standard InChI is InChI=1S/C20H32N4O/c1-12-10-14(25-5)11-15-17(12)21-19-16(13(2)22-23-19)18(15)24-8-6-20(3,4)7-9-24/h12,14-15,17H,6-11H2,1-5H3,(H,21,23). The lowest BCUT2D eigenvalue weighted by Gasteiger charge is -2.46. The summed E-state index contributed by atoms with van der Waals surface area (Å²) in [6.45, 7) is 11.5. The zero-order valence-corrected chi connectivity index (χ0v) is 16.3. The molecule has 0 bridgehead atoms. The number of nitrogens with zero attached hydrogens (tertiary/aromatic N) is 3. The van der Waals surface area contributed by atoms with Gasteiger partial charge < -0.3 is 9.64 Å².